The number of hydrogen-bond acceptors (Lipinski definition) is 3. The van der Waals surface area contributed by atoms with Crippen LogP contribution >= 0.6 is 0 Å². The van der Waals surface area contributed by atoms with Gasteiger partial charge >= 0.3 is 0 Å². The summed E-state index contributed by atoms with van der Waals surface area (Å²) in [6.45, 7) is 10.8. The van der Waals surface area contributed by atoms with Gasteiger partial charge in [0.15, 0.2) is 0 Å². The van der Waals surface area contributed by atoms with Crippen molar-refractivity contribution in [3.63, 3.8) is 0 Å². The second-order valence-corrected chi connectivity index (χ2v) is 5.40. The van der Waals surface area contributed by atoms with Gasteiger partial charge in [0.25, 0.3) is 0 Å². The molecular weight excluding hydrogens is 216 g/mol. The van der Waals surface area contributed by atoms with Crippen molar-refractivity contribution in [3.05, 3.63) is 0 Å². The first kappa shape index (κ1) is 16.4. The summed E-state index contributed by atoms with van der Waals surface area (Å²) >= 11 is 0. The predicted octanol–water partition coefficient (Wildman–Crippen LogP) is 1.46. The highest BCUT2D eigenvalue weighted by atomic mass is 16.5. The standard InChI is InChI=1S/C13H28N2O2/c1-11(2)9-15(8-7-14(5)6)13(16)10-17-12(3)4/h11-12H,7-10H2,1-6H3. The molecule has 0 atom stereocenters. The van der Waals surface area contributed by atoms with Crippen LogP contribution in [-0.2, 0) is 9.53 Å². The Morgan fingerprint density at radius 1 is 1.12 bits per heavy atom. The minimum Gasteiger partial charge on any atom is -0.369 e. The van der Waals surface area contributed by atoms with Gasteiger partial charge in [0.2, 0.25) is 5.91 Å². The minimum atomic E-state index is 0.0919. The first-order valence-corrected chi connectivity index (χ1v) is 6.37. The lowest BCUT2D eigenvalue weighted by Gasteiger charge is -2.26. The molecule has 0 rings (SSSR count). The summed E-state index contributed by atoms with van der Waals surface area (Å²) in [5, 5.41) is 0. The van der Waals surface area contributed by atoms with Gasteiger partial charge in [-0.15, -0.1) is 0 Å². The van der Waals surface area contributed by atoms with Crippen LogP contribution in [0.15, 0.2) is 0 Å². The second-order valence-electron chi connectivity index (χ2n) is 5.40. The zero-order chi connectivity index (χ0) is 13.4. The molecule has 0 aromatic carbocycles. The molecule has 0 aliphatic carbocycles. The van der Waals surface area contributed by atoms with Gasteiger partial charge in [-0.1, -0.05) is 13.8 Å². The summed E-state index contributed by atoms with van der Waals surface area (Å²) < 4.78 is 5.37. The smallest absolute Gasteiger partial charge is 0.248 e. The number of likely N-dealkylation sites (N-methyl/N-ethyl adjacent to an activating group) is 1. The summed E-state index contributed by atoms with van der Waals surface area (Å²) in [5.74, 6) is 0.578. The lowest BCUT2D eigenvalue weighted by atomic mass is 10.2. The molecule has 0 saturated heterocycles. The average molecular weight is 244 g/mol. The Morgan fingerprint density at radius 2 is 1.71 bits per heavy atom. The van der Waals surface area contributed by atoms with E-state index in [1.807, 2.05) is 32.8 Å². The monoisotopic (exact) mass is 244 g/mol. The van der Waals surface area contributed by atoms with Crippen LogP contribution < -0.4 is 0 Å². The number of rotatable bonds is 8. The van der Waals surface area contributed by atoms with Crippen LogP contribution in [0.1, 0.15) is 27.7 Å². The zero-order valence-corrected chi connectivity index (χ0v) is 12.2. The van der Waals surface area contributed by atoms with Gasteiger partial charge in [0.1, 0.15) is 6.61 Å². The third-order valence-electron chi connectivity index (χ3n) is 2.30. The van der Waals surface area contributed by atoms with E-state index in [2.05, 4.69) is 18.7 Å². The highest BCUT2D eigenvalue weighted by molar-refractivity contribution is 5.77. The van der Waals surface area contributed by atoms with Gasteiger partial charge in [0.05, 0.1) is 6.10 Å². The molecule has 4 heteroatoms. The Labute approximate surface area is 106 Å². The molecule has 0 aliphatic rings. The van der Waals surface area contributed by atoms with Crippen LogP contribution in [-0.4, -0.2) is 62.1 Å². The van der Waals surface area contributed by atoms with Crippen LogP contribution in [0.5, 0.6) is 0 Å². The Bertz CT molecular complexity index is 215. The largest absolute Gasteiger partial charge is 0.369 e. The Hall–Kier alpha value is -0.610. The number of hydrogen-bond donors (Lipinski definition) is 0. The van der Waals surface area contributed by atoms with Crippen LogP contribution in [0.2, 0.25) is 0 Å². The number of carbonyl (C=O) groups excluding carboxylic acids is 1. The minimum absolute atomic E-state index is 0.0919. The maximum absolute atomic E-state index is 12.0. The number of nitrogens with zero attached hydrogens (tertiary/aromatic N) is 2. The van der Waals surface area contributed by atoms with E-state index in [1.165, 1.54) is 0 Å². The summed E-state index contributed by atoms with van der Waals surface area (Å²) in [5.41, 5.74) is 0. The van der Waals surface area contributed by atoms with Crippen molar-refractivity contribution in [2.75, 3.05) is 40.3 Å². The fraction of sp³-hybridized carbons (Fsp3) is 0.923. The topological polar surface area (TPSA) is 32.8 Å². The third-order valence-corrected chi connectivity index (χ3v) is 2.30. The predicted molar refractivity (Wildman–Crippen MR) is 71.1 cm³/mol. The van der Waals surface area contributed by atoms with E-state index in [-0.39, 0.29) is 18.6 Å². The van der Waals surface area contributed by atoms with E-state index < -0.39 is 0 Å². The van der Waals surface area contributed by atoms with E-state index in [0.29, 0.717) is 5.92 Å². The van der Waals surface area contributed by atoms with E-state index in [4.69, 9.17) is 4.74 Å². The maximum Gasteiger partial charge on any atom is 0.248 e. The van der Waals surface area contributed by atoms with E-state index in [0.717, 1.165) is 19.6 Å². The summed E-state index contributed by atoms with van der Waals surface area (Å²) in [7, 11) is 4.03. The normalized spacial score (nSPS) is 11.6. The van der Waals surface area contributed by atoms with E-state index in [9.17, 15) is 4.79 Å². The molecule has 17 heavy (non-hydrogen) atoms. The molecular formula is C13H28N2O2. The van der Waals surface area contributed by atoms with Crippen LogP contribution in [0.4, 0.5) is 0 Å². The van der Waals surface area contributed by atoms with E-state index >= 15 is 0 Å². The first-order chi connectivity index (χ1) is 7.82. The van der Waals surface area contributed by atoms with Gasteiger partial charge in [-0.05, 0) is 33.9 Å². The fourth-order valence-electron chi connectivity index (χ4n) is 1.41. The molecule has 0 heterocycles. The highest BCUT2D eigenvalue weighted by Crippen LogP contribution is 2.01. The lowest BCUT2D eigenvalue weighted by molar-refractivity contribution is -0.138. The van der Waals surface area contributed by atoms with Gasteiger partial charge in [-0.2, -0.15) is 0 Å². The molecule has 0 aromatic rings. The Kier molecular flexibility index (Phi) is 8.17. The number of carbonyl (C=O) groups is 1. The van der Waals surface area contributed by atoms with Crippen LogP contribution in [0.25, 0.3) is 0 Å². The van der Waals surface area contributed by atoms with Gasteiger partial charge in [-0.25, -0.2) is 0 Å². The van der Waals surface area contributed by atoms with Gasteiger partial charge < -0.3 is 14.5 Å². The highest BCUT2D eigenvalue weighted by Gasteiger charge is 2.15. The van der Waals surface area contributed by atoms with Crippen molar-refractivity contribution in [1.82, 2.24) is 9.80 Å². The molecule has 102 valence electrons. The fourth-order valence-corrected chi connectivity index (χ4v) is 1.41. The quantitative estimate of drug-likeness (QED) is 0.648. The molecule has 0 spiro atoms. The number of ether oxygens (including phenoxy) is 1. The van der Waals surface area contributed by atoms with Crippen molar-refractivity contribution in [1.29, 1.82) is 0 Å². The lowest BCUT2D eigenvalue weighted by Crippen LogP contribution is -2.41. The summed E-state index contributed by atoms with van der Waals surface area (Å²) in [6, 6.07) is 0. The van der Waals surface area contributed by atoms with Crippen molar-refractivity contribution in [2.45, 2.75) is 33.8 Å². The molecule has 4 nitrogen and oxygen atoms in total. The van der Waals surface area contributed by atoms with Crippen molar-refractivity contribution < 1.29 is 9.53 Å². The van der Waals surface area contributed by atoms with E-state index in [1.54, 1.807) is 0 Å². The van der Waals surface area contributed by atoms with Crippen LogP contribution in [0.3, 0.4) is 0 Å². The molecule has 0 bridgehead atoms. The molecule has 0 aromatic heterocycles. The molecule has 0 fully saturated rings. The Balaban J connectivity index is 4.19. The first-order valence-electron chi connectivity index (χ1n) is 6.37. The summed E-state index contributed by atoms with van der Waals surface area (Å²) in [4.78, 5) is 16.0. The third kappa shape index (κ3) is 9.12. The molecule has 0 unspecified atom stereocenters. The van der Waals surface area contributed by atoms with Gasteiger partial charge in [-0.3, -0.25) is 4.79 Å². The van der Waals surface area contributed by atoms with Crippen molar-refractivity contribution >= 4 is 5.91 Å². The number of amides is 1. The summed E-state index contributed by atoms with van der Waals surface area (Å²) in [6.07, 6.45) is 0.105. The van der Waals surface area contributed by atoms with Crippen molar-refractivity contribution in [3.8, 4) is 0 Å². The molecule has 0 radical (unpaired) electrons. The maximum atomic E-state index is 12.0. The molecule has 0 aliphatic heterocycles. The Morgan fingerprint density at radius 3 is 2.12 bits per heavy atom. The second kappa shape index (κ2) is 8.48. The van der Waals surface area contributed by atoms with Crippen molar-refractivity contribution in [2.24, 2.45) is 5.92 Å². The average Bonchev–Trinajstić information content (AvgIpc) is 2.19. The molecule has 0 N–H and O–H groups in total. The molecule has 1 amide bonds. The zero-order valence-electron chi connectivity index (χ0n) is 12.2. The SMILES string of the molecule is CC(C)CN(CCN(C)C)C(=O)COC(C)C. The van der Waals surface area contributed by atoms with Gasteiger partial charge in [0, 0.05) is 19.6 Å². The molecule has 0 saturated carbocycles. The van der Waals surface area contributed by atoms with Crippen LogP contribution in [0, 0.1) is 5.92 Å².